The number of carbonyl (C=O) groups excluding carboxylic acids is 1. The van der Waals surface area contributed by atoms with E-state index in [4.69, 9.17) is 0 Å². The number of hydrogen-bond acceptors (Lipinski definition) is 3. The Labute approximate surface area is 144 Å². The molecule has 2 heterocycles. The Morgan fingerprint density at radius 3 is 2.68 bits per heavy atom. The average molecular weight is 336 g/mol. The van der Waals surface area contributed by atoms with Crippen molar-refractivity contribution in [3.05, 3.63) is 78.1 Å². The van der Waals surface area contributed by atoms with E-state index in [0.29, 0.717) is 24.2 Å². The number of hydrogen-bond donors (Lipinski definition) is 0. The Balaban J connectivity index is 1.53. The minimum atomic E-state index is -0.198. The van der Waals surface area contributed by atoms with Crippen molar-refractivity contribution in [1.82, 2.24) is 19.7 Å². The zero-order valence-corrected chi connectivity index (χ0v) is 13.5. The van der Waals surface area contributed by atoms with Gasteiger partial charge >= 0.3 is 0 Å². The van der Waals surface area contributed by atoms with Crippen molar-refractivity contribution in [2.75, 3.05) is 13.1 Å². The lowest BCUT2D eigenvalue weighted by Gasteiger charge is -2.17. The van der Waals surface area contributed by atoms with Gasteiger partial charge < -0.3 is 4.90 Å². The lowest BCUT2D eigenvalue weighted by atomic mass is 9.98. The van der Waals surface area contributed by atoms with Gasteiger partial charge in [-0.05, 0) is 36.2 Å². The number of rotatable bonds is 3. The van der Waals surface area contributed by atoms with Crippen LogP contribution in [0.1, 0.15) is 28.3 Å². The summed E-state index contributed by atoms with van der Waals surface area (Å²) in [6.07, 6.45) is 3.96. The van der Waals surface area contributed by atoms with Crippen LogP contribution in [0.25, 0.3) is 5.69 Å². The van der Waals surface area contributed by atoms with E-state index in [-0.39, 0.29) is 17.6 Å². The third-order valence-electron chi connectivity index (χ3n) is 4.63. The molecule has 3 aromatic rings. The molecule has 0 bridgehead atoms. The molecule has 1 aliphatic heterocycles. The monoisotopic (exact) mass is 336 g/mol. The van der Waals surface area contributed by atoms with Crippen molar-refractivity contribution >= 4 is 5.91 Å². The average Bonchev–Trinajstić information content (AvgIpc) is 3.34. The van der Waals surface area contributed by atoms with E-state index in [1.54, 1.807) is 40.3 Å². The quantitative estimate of drug-likeness (QED) is 0.739. The number of benzene rings is 2. The maximum Gasteiger partial charge on any atom is 0.253 e. The molecule has 1 atom stereocenters. The minimum absolute atomic E-state index is 0.0336. The van der Waals surface area contributed by atoms with Crippen LogP contribution in [0.2, 0.25) is 0 Å². The molecule has 1 saturated heterocycles. The van der Waals surface area contributed by atoms with E-state index in [2.05, 4.69) is 10.2 Å². The largest absolute Gasteiger partial charge is 0.338 e. The van der Waals surface area contributed by atoms with Crippen molar-refractivity contribution in [2.45, 2.75) is 12.3 Å². The van der Waals surface area contributed by atoms with Crippen LogP contribution in [0.15, 0.2) is 61.2 Å². The zero-order valence-electron chi connectivity index (χ0n) is 13.5. The van der Waals surface area contributed by atoms with Crippen molar-refractivity contribution < 1.29 is 9.18 Å². The molecular formula is C19H17FN4O. The second-order valence-electron chi connectivity index (χ2n) is 6.18. The van der Waals surface area contributed by atoms with E-state index in [1.165, 1.54) is 6.07 Å². The fourth-order valence-electron chi connectivity index (χ4n) is 3.32. The van der Waals surface area contributed by atoms with Gasteiger partial charge in [-0.2, -0.15) is 0 Å². The molecule has 0 saturated carbocycles. The van der Waals surface area contributed by atoms with Gasteiger partial charge in [0.1, 0.15) is 18.5 Å². The molecule has 0 radical (unpaired) electrons. The van der Waals surface area contributed by atoms with Gasteiger partial charge in [-0.25, -0.2) is 4.39 Å². The van der Waals surface area contributed by atoms with Crippen LogP contribution >= 0.6 is 0 Å². The smallest absolute Gasteiger partial charge is 0.253 e. The maximum absolute atomic E-state index is 14.0. The molecule has 2 aromatic carbocycles. The van der Waals surface area contributed by atoms with Gasteiger partial charge in [-0.3, -0.25) is 9.36 Å². The predicted octanol–water partition coefficient (Wildman–Crippen LogP) is 3.04. The van der Waals surface area contributed by atoms with E-state index in [1.807, 2.05) is 24.3 Å². The highest BCUT2D eigenvalue weighted by Gasteiger charge is 2.29. The first kappa shape index (κ1) is 15.5. The maximum atomic E-state index is 14.0. The number of halogens is 1. The number of carbonyl (C=O) groups is 1. The van der Waals surface area contributed by atoms with Crippen molar-refractivity contribution in [1.29, 1.82) is 0 Å². The zero-order chi connectivity index (χ0) is 17.2. The molecule has 0 spiro atoms. The lowest BCUT2D eigenvalue weighted by Crippen LogP contribution is -2.28. The van der Waals surface area contributed by atoms with E-state index in [0.717, 1.165) is 12.1 Å². The number of amides is 1. The second-order valence-corrected chi connectivity index (χ2v) is 6.18. The fourth-order valence-corrected chi connectivity index (χ4v) is 3.32. The molecule has 0 unspecified atom stereocenters. The molecular weight excluding hydrogens is 319 g/mol. The van der Waals surface area contributed by atoms with Gasteiger partial charge in [0, 0.05) is 30.3 Å². The Hall–Kier alpha value is -3.02. The van der Waals surface area contributed by atoms with Gasteiger partial charge in [0.05, 0.1) is 0 Å². The molecule has 126 valence electrons. The molecule has 6 heteroatoms. The van der Waals surface area contributed by atoms with Crippen molar-refractivity contribution in [2.24, 2.45) is 0 Å². The van der Waals surface area contributed by atoms with Gasteiger partial charge in [0.15, 0.2) is 0 Å². The molecule has 0 N–H and O–H groups in total. The highest BCUT2D eigenvalue weighted by Crippen LogP contribution is 2.29. The van der Waals surface area contributed by atoms with E-state index in [9.17, 15) is 9.18 Å². The number of aromatic nitrogens is 3. The van der Waals surface area contributed by atoms with Gasteiger partial charge in [-0.1, -0.05) is 24.3 Å². The Morgan fingerprint density at radius 1 is 1.08 bits per heavy atom. The van der Waals surface area contributed by atoms with Gasteiger partial charge in [0.2, 0.25) is 0 Å². The summed E-state index contributed by atoms with van der Waals surface area (Å²) in [5.41, 5.74) is 2.14. The van der Waals surface area contributed by atoms with Crippen LogP contribution in [-0.2, 0) is 0 Å². The Kier molecular flexibility index (Phi) is 4.01. The van der Waals surface area contributed by atoms with Crippen LogP contribution in [0.4, 0.5) is 4.39 Å². The third-order valence-corrected chi connectivity index (χ3v) is 4.63. The summed E-state index contributed by atoms with van der Waals surface area (Å²) in [6.45, 7) is 1.17. The highest BCUT2D eigenvalue weighted by molar-refractivity contribution is 5.95. The molecule has 1 amide bonds. The number of likely N-dealkylation sites (tertiary alicyclic amines) is 1. The van der Waals surface area contributed by atoms with Gasteiger partial charge in [0.25, 0.3) is 5.91 Å². The first-order chi connectivity index (χ1) is 12.2. The minimum Gasteiger partial charge on any atom is -0.338 e. The summed E-state index contributed by atoms with van der Waals surface area (Å²) in [7, 11) is 0. The summed E-state index contributed by atoms with van der Waals surface area (Å²) < 4.78 is 15.7. The Bertz CT molecular complexity index is 894. The SMILES string of the molecule is O=C(c1cccc(-n2cnnc2)c1)N1CC[C@H](c2ccccc2F)C1. The fraction of sp³-hybridized carbons (Fsp3) is 0.211. The summed E-state index contributed by atoms with van der Waals surface area (Å²) in [5.74, 6) is -0.184. The molecule has 25 heavy (non-hydrogen) atoms. The first-order valence-corrected chi connectivity index (χ1v) is 8.21. The standard InChI is InChI=1S/C19H17FN4O/c20-18-7-2-1-6-17(18)15-8-9-23(11-15)19(25)14-4-3-5-16(10-14)24-12-21-22-13-24/h1-7,10,12-13,15H,8-9,11H2/t15-/m0/s1. The Morgan fingerprint density at radius 2 is 1.88 bits per heavy atom. The molecule has 1 aliphatic rings. The van der Waals surface area contributed by atoms with E-state index >= 15 is 0 Å². The van der Waals surface area contributed by atoms with E-state index < -0.39 is 0 Å². The van der Waals surface area contributed by atoms with Crippen molar-refractivity contribution in [3.8, 4) is 5.69 Å². The molecule has 1 fully saturated rings. The summed E-state index contributed by atoms with van der Waals surface area (Å²) >= 11 is 0. The van der Waals surface area contributed by atoms with Gasteiger partial charge in [-0.15, -0.1) is 10.2 Å². The number of nitrogens with zero attached hydrogens (tertiary/aromatic N) is 4. The van der Waals surface area contributed by atoms with Crippen LogP contribution < -0.4 is 0 Å². The second kappa shape index (κ2) is 6.47. The summed E-state index contributed by atoms with van der Waals surface area (Å²) in [4.78, 5) is 14.6. The molecule has 5 nitrogen and oxygen atoms in total. The first-order valence-electron chi connectivity index (χ1n) is 8.21. The lowest BCUT2D eigenvalue weighted by molar-refractivity contribution is 0.0790. The van der Waals surface area contributed by atoms with Crippen LogP contribution in [0.5, 0.6) is 0 Å². The van der Waals surface area contributed by atoms with Crippen LogP contribution in [0.3, 0.4) is 0 Å². The normalized spacial score (nSPS) is 17.0. The molecule has 4 rings (SSSR count). The third kappa shape index (κ3) is 3.03. The van der Waals surface area contributed by atoms with Crippen molar-refractivity contribution in [3.63, 3.8) is 0 Å². The molecule has 0 aliphatic carbocycles. The highest BCUT2D eigenvalue weighted by atomic mass is 19.1. The van der Waals surface area contributed by atoms with Crippen LogP contribution in [-0.4, -0.2) is 38.7 Å². The topological polar surface area (TPSA) is 51.0 Å². The summed E-state index contributed by atoms with van der Waals surface area (Å²) in [6, 6.07) is 14.2. The predicted molar refractivity (Wildman–Crippen MR) is 91.0 cm³/mol. The molecule has 1 aromatic heterocycles. The van der Waals surface area contributed by atoms with Crippen LogP contribution in [0, 0.1) is 5.82 Å². The summed E-state index contributed by atoms with van der Waals surface area (Å²) in [5, 5.41) is 7.57.